The molecular formula is C16H13ClN4O3. The van der Waals surface area contributed by atoms with Crippen LogP contribution in [0.4, 0.5) is 5.69 Å². The number of fused-ring (bicyclic) bond motifs is 1. The summed E-state index contributed by atoms with van der Waals surface area (Å²) in [5, 5.41) is 11.2. The second kappa shape index (κ2) is 6.67. The minimum atomic E-state index is -0.442. The molecule has 3 aromatic rings. The Morgan fingerprint density at radius 1 is 1.29 bits per heavy atom. The Bertz CT molecular complexity index is 971. The van der Waals surface area contributed by atoms with E-state index in [1.807, 2.05) is 0 Å². The van der Waals surface area contributed by atoms with Crippen molar-refractivity contribution in [3.63, 3.8) is 0 Å². The molecule has 0 aliphatic heterocycles. The fourth-order valence-corrected chi connectivity index (χ4v) is 2.40. The number of rotatable bonds is 4. The molecule has 7 nitrogen and oxygen atoms in total. The van der Waals surface area contributed by atoms with E-state index in [0.29, 0.717) is 27.4 Å². The number of halogens is 1. The van der Waals surface area contributed by atoms with E-state index < -0.39 is 5.91 Å². The zero-order valence-corrected chi connectivity index (χ0v) is 13.4. The van der Waals surface area contributed by atoms with Crippen LogP contribution >= 0.6 is 11.6 Å². The summed E-state index contributed by atoms with van der Waals surface area (Å²) in [5.74, 6) is 0.0203. The fraction of sp³-hybridized carbons (Fsp3) is 0.125. The molecule has 3 rings (SSSR count). The van der Waals surface area contributed by atoms with Crippen LogP contribution in [-0.2, 0) is 11.3 Å². The number of benzene rings is 2. The number of methoxy groups -OCH3 is 1. The molecule has 0 atom stereocenters. The topological polar surface area (TPSA) is 86.1 Å². The fourth-order valence-electron chi connectivity index (χ4n) is 2.23. The number of hydrogen-bond acceptors (Lipinski definition) is 5. The molecule has 0 bridgehead atoms. The van der Waals surface area contributed by atoms with E-state index in [4.69, 9.17) is 16.3 Å². The highest BCUT2D eigenvalue weighted by molar-refractivity contribution is 6.31. The molecule has 0 aliphatic carbocycles. The van der Waals surface area contributed by atoms with Crippen LogP contribution in [0.2, 0.25) is 5.02 Å². The minimum Gasteiger partial charge on any atom is -0.495 e. The largest absolute Gasteiger partial charge is 0.495 e. The van der Waals surface area contributed by atoms with E-state index >= 15 is 0 Å². The van der Waals surface area contributed by atoms with Crippen LogP contribution in [0.3, 0.4) is 0 Å². The highest BCUT2D eigenvalue weighted by Gasteiger charge is 2.12. The van der Waals surface area contributed by atoms with Crippen LogP contribution in [0.5, 0.6) is 5.75 Å². The van der Waals surface area contributed by atoms with Crippen LogP contribution < -0.4 is 15.6 Å². The molecule has 0 spiro atoms. The van der Waals surface area contributed by atoms with Crippen LogP contribution in [0.15, 0.2) is 47.3 Å². The van der Waals surface area contributed by atoms with Gasteiger partial charge in [-0.3, -0.25) is 9.59 Å². The Balaban J connectivity index is 1.84. The molecule has 0 fully saturated rings. The van der Waals surface area contributed by atoms with Gasteiger partial charge in [-0.2, -0.15) is 0 Å². The van der Waals surface area contributed by atoms with Crippen LogP contribution in [0.1, 0.15) is 0 Å². The average molecular weight is 345 g/mol. The SMILES string of the molecule is COc1ccc(Cl)cc1NC(=O)Cn1nnc2ccccc2c1=O. The molecule has 122 valence electrons. The Labute approximate surface area is 141 Å². The maximum Gasteiger partial charge on any atom is 0.278 e. The van der Waals surface area contributed by atoms with E-state index in [2.05, 4.69) is 15.6 Å². The lowest BCUT2D eigenvalue weighted by atomic mass is 10.2. The van der Waals surface area contributed by atoms with Gasteiger partial charge >= 0.3 is 0 Å². The maximum atomic E-state index is 12.3. The number of hydrogen-bond donors (Lipinski definition) is 1. The summed E-state index contributed by atoms with van der Waals surface area (Å²) in [4.78, 5) is 24.5. The number of amides is 1. The third kappa shape index (κ3) is 3.21. The summed E-state index contributed by atoms with van der Waals surface area (Å²) in [7, 11) is 1.48. The molecule has 1 aromatic heterocycles. The minimum absolute atomic E-state index is 0.271. The second-order valence-corrected chi connectivity index (χ2v) is 5.40. The molecule has 2 aromatic carbocycles. The molecule has 0 unspecified atom stereocenters. The predicted molar refractivity (Wildman–Crippen MR) is 90.4 cm³/mol. The molecule has 8 heteroatoms. The summed E-state index contributed by atoms with van der Waals surface area (Å²) in [5.41, 5.74) is 0.515. The molecule has 0 saturated heterocycles. The predicted octanol–water partition coefficient (Wildman–Crippen LogP) is 2.09. The van der Waals surface area contributed by atoms with E-state index in [-0.39, 0.29) is 12.1 Å². The van der Waals surface area contributed by atoms with Gasteiger partial charge in [0.05, 0.1) is 18.2 Å². The van der Waals surface area contributed by atoms with E-state index in [1.165, 1.54) is 7.11 Å². The van der Waals surface area contributed by atoms with Crippen molar-refractivity contribution in [1.82, 2.24) is 15.0 Å². The van der Waals surface area contributed by atoms with Gasteiger partial charge in [-0.05, 0) is 30.3 Å². The number of nitrogens with zero attached hydrogens (tertiary/aromatic N) is 3. The average Bonchev–Trinajstić information content (AvgIpc) is 2.58. The zero-order chi connectivity index (χ0) is 17.1. The van der Waals surface area contributed by atoms with Crippen molar-refractivity contribution in [3.05, 3.63) is 57.8 Å². The van der Waals surface area contributed by atoms with Gasteiger partial charge < -0.3 is 10.1 Å². The summed E-state index contributed by atoms with van der Waals surface area (Å²) < 4.78 is 6.17. The van der Waals surface area contributed by atoms with Crippen molar-refractivity contribution in [1.29, 1.82) is 0 Å². The Morgan fingerprint density at radius 2 is 2.08 bits per heavy atom. The smallest absolute Gasteiger partial charge is 0.278 e. The van der Waals surface area contributed by atoms with Crippen molar-refractivity contribution in [2.75, 3.05) is 12.4 Å². The molecule has 1 N–H and O–H groups in total. The Hall–Kier alpha value is -2.93. The summed E-state index contributed by atoms with van der Waals surface area (Å²) in [6, 6.07) is 11.7. The zero-order valence-electron chi connectivity index (χ0n) is 12.7. The first-order valence-corrected chi connectivity index (χ1v) is 7.42. The van der Waals surface area contributed by atoms with Gasteiger partial charge in [-0.15, -0.1) is 5.10 Å². The molecular weight excluding hydrogens is 332 g/mol. The van der Waals surface area contributed by atoms with Gasteiger partial charge in [0.15, 0.2) is 0 Å². The number of nitrogens with one attached hydrogen (secondary N) is 1. The number of carbonyl (C=O) groups is 1. The molecule has 24 heavy (non-hydrogen) atoms. The summed E-state index contributed by atoms with van der Waals surface area (Å²) >= 11 is 5.92. The quantitative estimate of drug-likeness (QED) is 0.783. The van der Waals surface area contributed by atoms with E-state index in [1.54, 1.807) is 42.5 Å². The monoisotopic (exact) mass is 344 g/mol. The van der Waals surface area contributed by atoms with E-state index in [0.717, 1.165) is 4.68 Å². The van der Waals surface area contributed by atoms with Crippen molar-refractivity contribution >= 4 is 34.1 Å². The van der Waals surface area contributed by atoms with Gasteiger partial charge in [0, 0.05) is 5.02 Å². The third-order valence-electron chi connectivity index (χ3n) is 3.36. The third-order valence-corrected chi connectivity index (χ3v) is 3.59. The van der Waals surface area contributed by atoms with Gasteiger partial charge in [0.2, 0.25) is 5.91 Å². The lowest BCUT2D eigenvalue weighted by molar-refractivity contribution is -0.117. The van der Waals surface area contributed by atoms with E-state index in [9.17, 15) is 9.59 Å². The first-order valence-electron chi connectivity index (χ1n) is 7.04. The first-order chi connectivity index (χ1) is 11.6. The Morgan fingerprint density at radius 3 is 2.88 bits per heavy atom. The molecule has 0 saturated carbocycles. The highest BCUT2D eigenvalue weighted by Crippen LogP contribution is 2.27. The summed E-state index contributed by atoms with van der Waals surface area (Å²) in [6.07, 6.45) is 0. The maximum absolute atomic E-state index is 12.3. The van der Waals surface area contributed by atoms with Crippen molar-refractivity contribution in [2.45, 2.75) is 6.54 Å². The lowest BCUT2D eigenvalue weighted by Gasteiger charge is -2.11. The van der Waals surface area contributed by atoms with Crippen LogP contribution in [-0.4, -0.2) is 28.0 Å². The highest BCUT2D eigenvalue weighted by atomic mass is 35.5. The molecule has 0 aliphatic rings. The Kier molecular flexibility index (Phi) is 4.43. The van der Waals surface area contributed by atoms with Crippen LogP contribution in [0.25, 0.3) is 10.9 Å². The first kappa shape index (κ1) is 15.9. The van der Waals surface area contributed by atoms with Crippen LogP contribution in [0, 0.1) is 0 Å². The van der Waals surface area contributed by atoms with Gasteiger partial charge in [0.25, 0.3) is 5.56 Å². The molecule has 0 radical (unpaired) electrons. The normalized spacial score (nSPS) is 10.6. The number of anilines is 1. The van der Waals surface area contributed by atoms with Gasteiger partial charge in [-0.1, -0.05) is 28.9 Å². The van der Waals surface area contributed by atoms with Gasteiger partial charge in [0.1, 0.15) is 17.8 Å². The van der Waals surface area contributed by atoms with Crippen molar-refractivity contribution in [2.24, 2.45) is 0 Å². The van der Waals surface area contributed by atoms with Crippen molar-refractivity contribution < 1.29 is 9.53 Å². The second-order valence-electron chi connectivity index (χ2n) is 4.96. The number of carbonyl (C=O) groups excluding carboxylic acids is 1. The number of ether oxygens (including phenoxy) is 1. The summed E-state index contributed by atoms with van der Waals surface area (Å²) in [6.45, 7) is -0.271. The molecule has 1 heterocycles. The lowest BCUT2D eigenvalue weighted by Crippen LogP contribution is -2.30. The molecule has 1 amide bonds. The number of aromatic nitrogens is 3. The van der Waals surface area contributed by atoms with Crippen molar-refractivity contribution in [3.8, 4) is 5.75 Å². The van der Waals surface area contributed by atoms with Gasteiger partial charge in [-0.25, -0.2) is 4.68 Å². The standard InChI is InChI=1S/C16H13ClN4O3/c1-24-14-7-6-10(17)8-13(14)18-15(22)9-21-16(23)11-4-2-3-5-12(11)19-20-21/h2-8H,9H2,1H3,(H,18,22).